The maximum Gasteiger partial charge on any atom is 0.237 e. The summed E-state index contributed by atoms with van der Waals surface area (Å²) in [5, 5.41) is 3.51. The molecule has 0 aromatic carbocycles. The predicted octanol–water partition coefficient (Wildman–Crippen LogP) is 10.2. The molecule has 0 aromatic rings. The second-order valence-electron chi connectivity index (χ2n) is 13.3. The standard InChI is InChI=1S/C35H68N2O/c1-4-6-8-10-12-16-20-26-33(36-35(38)34-28-22-23-29-37(34)3)27-21-17-13-15-19-25-32-30-31(32)24-18-14-11-9-7-5-2/h31-34H,4-30H2,1-3H3,(H,36,38)/t31-,32-,33-,34-/m1/s1. The van der Waals surface area contributed by atoms with Crippen LogP contribution in [0.25, 0.3) is 0 Å². The number of carbonyl (C=O) groups excluding carboxylic acids is 1. The summed E-state index contributed by atoms with van der Waals surface area (Å²) < 4.78 is 0. The molecule has 0 radical (unpaired) electrons. The highest BCUT2D eigenvalue weighted by atomic mass is 16.2. The van der Waals surface area contributed by atoms with Gasteiger partial charge in [0.05, 0.1) is 6.04 Å². The van der Waals surface area contributed by atoms with Gasteiger partial charge in [-0.2, -0.15) is 0 Å². The molecule has 0 bridgehead atoms. The summed E-state index contributed by atoms with van der Waals surface area (Å²) in [7, 11) is 2.13. The van der Waals surface area contributed by atoms with Crippen LogP contribution in [-0.2, 0) is 4.79 Å². The summed E-state index contributed by atoms with van der Waals surface area (Å²) in [6, 6.07) is 0.496. The molecule has 1 aliphatic carbocycles. The molecule has 2 fully saturated rings. The topological polar surface area (TPSA) is 32.3 Å². The van der Waals surface area contributed by atoms with Crippen LogP contribution in [0.5, 0.6) is 0 Å². The van der Waals surface area contributed by atoms with E-state index in [1.165, 1.54) is 161 Å². The van der Waals surface area contributed by atoms with Crippen molar-refractivity contribution >= 4 is 5.91 Å². The monoisotopic (exact) mass is 533 g/mol. The van der Waals surface area contributed by atoms with E-state index in [2.05, 4.69) is 31.1 Å². The zero-order chi connectivity index (χ0) is 27.3. The fourth-order valence-corrected chi connectivity index (χ4v) is 6.87. The van der Waals surface area contributed by atoms with Gasteiger partial charge in [0, 0.05) is 6.04 Å². The van der Waals surface area contributed by atoms with Crippen LogP contribution in [0.1, 0.15) is 181 Å². The number of likely N-dealkylation sites (tertiary alicyclic amines) is 1. The average Bonchev–Trinajstić information content (AvgIpc) is 3.67. The van der Waals surface area contributed by atoms with E-state index in [-0.39, 0.29) is 6.04 Å². The van der Waals surface area contributed by atoms with Gasteiger partial charge in [0.1, 0.15) is 0 Å². The van der Waals surface area contributed by atoms with Crippen LogP contribution < -0.4 is 5.32 Å². The van der Waals surface area contributed by atoms with Crippen molar-refractivity contribution in [3.63, 3.8) is 0 Å². The van der Waals surface area contributed by atoms with Crippen molar-refractivity contribution < 1.29 is 4.79 Å². The summed E-state index contributed by atoms with van der Waals surface area (Å²) in [6.07, 6.45) is 35.4. The Kier molecular flexibility index (Phi) is 19.6. The summed E-state index contributed by atoms with van der Waals surface area (Å²) in [4.78, 5) is 15.3. The lowest BCUT2D eigenvalue weighted by molar-refractivity contribution is -0.127. The van der Waals surface area contributed by atoms with Gasteiger partial charge < -0.3 is 5.32 Å². The molecule has 1 heterocycles. The number of piperidine rings is 1. The second kappa shape index (κ2) is 22.2. The Bertz CT molecular complexity index is 564. The molecule has 1 aliphatic heterocycles. The number of unbranched alkanes of at least 4 members (excludes halogenated alkanes) is 15. The van der Waals surface area contributed by atoms with Crippen LogP contribution in [0.3, 0.4) is 0 Å². The Morgan fingerprint density at radius 2 is 1.16 bits per heavy atom. The van der Waals surface area contributed by atoms with Crippen LogP contribution in [0.4, 0.5) is 0 Å². The van der Waals surface area contributed by atoms with Crippen molar-refractivity contribution in [2.24, 2.45) is 11.8 Å². The first-order valence-corrected chi connectivity index (χ1v) is 17.7. The lowest BCUT2D eigenvalue weighted by Gasteiger charge is -2.32. The normalized spacial score (nSPS) is 22.4. The quantitative estimate of drug-likeness (QED) is 0.119. The van der Waals surface area contributed by atoms with Crippen molar-refractivity contribution in [2.45, 2.75) is 193 Å². The third-order valence-corrected chi connectivity index (χ3v) is 9.70. The van der Waals surface area contributed by atoms with Gasteiger partial charge in [-0.3, -0.25) is 9.69 Å². The fourth-order valence-electron chi connectivity index (χ4n) is 6.87. The van der Waals surface area contributed by atoms with Crippen LogP contribution in [0.15, 0.2) is 0 Å². The summed E-state index contributed by atoms with van der Waals surface area (Å²) in [6.45, 7) is 5.67. The summed E-state index contributed by atoms with van der Waals surface area (Å²) in [5.41, 5.74) is 0. The first kappa shape index (κ1) is 33.6. The Morgan fingerprint density at radius 1 is 0.684 bits per heavy atom. The van der Waals surface area contributed by atoms with E-state index in [1.807, 2.05) is 0 Å². The van der Waals surface area contributed by atoms with Crippen molar-refractivity contribution in [3.8, 4) is 0 Å². The third kappa shape index (κ3) is 15.9. The predicted molar refractivity (Wildman–Crippen MR) is 167 cm³/mol. The summed E-state index contributed by atoms with van der Waals surface area (Å²) in [5.74, 6) is 2.46. The molecular weight excluding hydrogens is 464 g/mol. The van der Waals surface area contributed by atoms with E-state index in [4.69, 9.17) is 0 Å². The van der Waals surface area contributed by atoms with Crippen molar-refractivity contribution in [3.05, 3.63) is 0 Å². The van der Waals surface area contributed by atoms with Gasteiger partial charge in [-0.15, -0.1) is 0 Å². The molecule has 4 atom stereocenters. The third-order valence-electron chi connectivity index (χ3n) is 9.70. The van der Waals surface area contributed by atoms with Crippen LogP contribution in [-0.4, -0.2) is 36.5 Å². The molecular formula is C35H68N2O. The minimum atomic E-state index is 0.104. The number of hydrogen-bond donors (Lipinski definition) is 1. The first-order valence-electron chi connectivity index (χ1n) is 17.7. The van der Waals surface area contributed by atoms with Gasteiger partial charge >= 0.3 is 0 Å². The number of carbonyl (C=O) groups is 1. The van der Waals surface area contributed by atoms with E-state index in [0.29, 0.717) is 11.9 Å². The number of nitrogens with zero attached hydrogens (tertiary/aromatic N) is 1. The Balaban J connectivity index is 1.53. The van der Waals surface area contributed by atoms with Gasteiger partial charge in [0.15, 0.2) is 0 Å². The maximum absolute atomic E-state index is 13.1. The highest BCUT2D eigenvalue weighted by molar-refractivity contribution is 5.82. The molecule has 3 heteroatoms. The van der Waals surface area contributed by atoms with Crippen molar-refractivity contribution in [1.29, 1.82) is 0 Å². The molecule has 2 aliphatic rings. The number of likely N-dealkylation sites (N-methyl/N-ethyl adjacent to an activating group) is 1. The molecule has 2 rings (SSSR count). The SMILES string of the molecule is CCCCCCCCC[C@H](CCCCCCC[C@@H]1C[C@H]1CCCCCCCC)NC(=O)[C@H]1CCCCN1C. The van der Waals surface area contributed by atoms with Crippen LogP contribution >= 0.6 is 0 Å². The van der Waals surface area contributed by atoms with E-state index in [9.17, 15) is 4.79 Å². The average molecular weight is 533 g/mol. The van der Waals surface area contributed by atoms with Crippen molar-refractivity contribution in [2.75, 3.05) is 13.6 Å². The van der Waals surface area contributed by atoms with Gasteiger partial charge in [0.2, 0.25) is 5.91 Å². The van der Waals surface area contributed by atoms with Gasteiger partial charge in [-0.05, 0) is 57.5 Å². The van der Waals surface area contributed by atoms with E-state index < -0.39 is 0 Å². The lowest BCUT2D eigenvalue weighted by Crippen LogP contribution is -2.50. The van der Waals surface area contributed by atoms with Crippen LogP contribution in [0, 0.1) is 11.8 Å². The number of rotatable bonds is 25. The van der Waals surface area contributed by atoms with Gasteiger partial charge in [-0.25, -0.2) is 0 Å². The van der Waals surface area contributed by atoms with E-state index in [1.54, 1.807) is 0 Å². The molecule has 1 saturated heterocycles. The zero-order valence-electron chi connectivity index (χ0n) is 26.3. The molecule has 1 N–H and O–H groups in total. The van der Waals surface area contributed by atoms with E-state index >= 15 is 0 Å². The molecule has 38 heavy (non-hydrogen) atoms. The molecule has 3 nitrogen and oxygen atoms in total. The van der Waals surface area contributed by atoms with Crippen LogP contribution in [0.2, 0.25) is 0 Å². The molecule has 0 aromatic heterocycles. The Morgan fingerprint density at radius 3 is 1.66 bits per heavy atom. The highest BCUT2D eigenvalue weighted by Gasteiger charge is 2.35. The molecule has 1 amide bonds. The molecule has 1 saturated carbocycles. The highest BCUT2D eigenvalue weighted by Crippen LogP contribution is 2.45. The number of nitrogens with one attached hydrogen (secondary N) is 1. The molecule has 224 valence electrons. The first-order chi connectivity index (χ1) is 18.7. The Labute approximate surface area is 239 Å². The summed E-state index contributed by atoms with van der Waals surface area (Å²) >= 11 is 0. The largest absolute Gasteiger partial charge is 0.352 e. The minimum absolute atomic E-state index is 0.104. The van der Waals surface area contributed by atoms with Crippen molar-refractivity contribution in [1.82, 2.24) is 10.2 Å². The smallest absolute Gasteiger partial charge is 0.237 e. The van der Waals surface area contributed by atoms with E-state index in [0.717, 1.165) is 24.8 Å². The molecule has 0 unspecified atom stereocenters. The van der Waals surface area contributed by atoms with Gasteiger partial charge in [0.25, 0.3) is 0 Å². The maximum atomic E-state index is 13.1. The Hall–Kier alpha value is -0.570. The minimum Gasteiger partial charge on any atom is -0.352 e. The fraction of sp³-hybridized carbons (Fsp3) is 0.971. The second-order valence-corrected chi connectivity index (χ2v) is 13.3. The lowest BCUT2D eigenvalue weighted by atomic mass is 9.98. The number of amides is 1. The molecule has 0 spiro atoms. The van der Waals surface area contributed by atoms with Gasteiger partial charge in [-0.1, -0.05) is 149 Å². The number of hydrogen-bond acceptors (Lipinski definition) is 2. The zero-order valence-corrected chi connectivity index (χ0v) is 26.3.